The van der Waals surface area contributed by atoms with E-state index in [1.807, 2.05) is 42.5 Å². The quantitative estimate of drug-likeness (QED) is 0.518. The summed E-state index contributed by atoms with van der Waals surface area (Å²) in [6, 6.07) is 31.3. The molecule has 2 heteroatoms. The lowest BCUT2D eigenvalue weighted by Gasteiger charge is -2.02. The number of para-hydroxylation sites is 2. The fraction of sp³-hybridized carbons (Fsp3) is 0. The summed E-state index contributed by atoms with van der Waals surface area (Å²) in [4.78, 5) is 4.65. The minimum absolute atomic E-state index is 0.322. The van der Waals surface area contributed by atoms with Crippen LogP contribution >= 0.6 is 0 Å². The molecule has 0 aliphatic carbocycles. The van der Waals surface area contributed by atoms with Crippen LogP contribution < -0.4 is 0 Å². The molecule has 23 heavy (non-hydrogen) atoms. The van der Waals surface area contributed by atoms with Crippen LogP contribution in [-0.4, -0.2) is 10.1 Å². The lowest BCUT2D eigenvalue weighted by molar-refractivity contribution is 0.475. The van der Waals surface area contributed by atoms with Crippen LogP contribution in [0.15, 0.2) is 97.1 Å². The molecule has 0 radical (unpaired) electrons. The maximum Gasteiger partial charge on any atom is 0.115 e. The first kappa shape index (κ1) is 14.8. The van der Waals surface area contributed by atoms with E-state index in [-0.39, 0.29) is 0 Å². The monoisotopic (exact) mass is 299 g/mol. The van der Waals surface area contributed by atoms with Crippen LogP contribution in [0.2, 0.25) is 0 Å². The topological polar surface area (TPSA) is 33.1 Å². The molecular formula is C21H17NO. The number of benzene rings is 3. The molecule has 1 heterocycles. The first-order valence-electron chi connectivity index (χ1n) is 7.48. The van der Waals surface area contributed by atoms with Crippen molar-refractivity contribution in [2.45, 2.75) is 0 Å². The van der Waals surface area contributed by atoms with E-state index in [2.05, 4.69) is 35.3 Å². The van der Waals surface area contributed by atoms with Crippen LogP contribution in [0.4, 0.5) is 0 Å². The zero-order valence-electron chi connectivity index (χ0n) is 12.6. The van der Waals surface area contributed by atoms with Gasteiger partial charge in [-0.25, -0.2) is 4.98 Å². The number of phenols is 1. The van der Waals surface area contributed by atoms with E-state index in [1.54, 1.807) is 24.3 Å². The van der Waals surface area contributed by atoms with Crippen molar-refractivity contribution in [3.05, 3.63) is 97.1 Å². The average molecular weight is 299 g/mol. The summed E-state index contributed by atoms with van der Waals surface area (Å²) in [5.74, 6) is 0.322. The van der Waals surface area contributed by atoms with Gasteiger partial charge in [0.1, 0.15) is 5.75 Å². The third kappa shape index (κ3) is 3.95. The summed E-state index contributed by atoms with van der Waals surface area (Å²) < 4.78 is 0. The Morgan fingerprint density at radius 3 is 1.83 bits per heavy atom. The van der Waals surface area contributed by atoms with Gasteiger partial charge in [-0.1, -0.05) is 72.8 Å². The van der Waals surface area contributed by atoms with Gasteiger partial charge in [-0.05, 0) is 24.3 Å². The van der Waals surface area contributed by atoms with Gasteiger partial charge in [-0.2, -0.15) is 0 Å². The van der Waals surface area contributed by atoms with Gasteiger partial charge < -0.3 is 5.11 Å². The Morgan fingerprint density at radius 1 is 0.565 bits per heavy atom. The number of rotatable bonds is 1. The zero-order chi connectivity index (χ0) is 15.9. The number of hydrogen-bond acceptors (Lipinski definition) is 2. The maximum absolute atomic E-state index is 8.63. The van der Waals surface area contributed by atoms with Gasteiger partial charge >= 0.3 is 0 Å². The van der Waals surface area contributed by atoms with Crippen molar-refractivity contribution >= 4 is 10.9 Å². The number of hydrogen-bond donors (Lipinski definition) is 1. The predicted molar refractivity (Wildman–Crippen MR) is 95.3 cm³/mol. The highest BCUT2D eigenvalue weighted by atomic mass is 16.3. The minimum Gasteiger partial charge on any atom is -0.508 e. The molecule has 4 rings (SSSR count). The molecule has 1 N–H and O–H groups in total. The van der Waals surface area contributed by atoms with E-state index < -0.39 is 0 Å². The van der Waals surface area contributed by atoms with E-state index in [4.69, 9.17) is 5.11 Å². The highest BCUT2D eigenvalue weighted by Gasteiger charge is 1.99. The first-order chi connectivity index (χ1) is 11.3. The van der Waals surface area contributed by atoms with Crippen LogP contribution in [0, 0.1) is 0 Å². The van der Waals surface area contributed by atoms with E-state index >= 15 is 0 Å². The molecule has 3 aromatic carbocycles. The number of nitrogens with zero attached hydrogens (tertiary/aromatic N) is 1. The molecule has 0 aliphatic heterocycles. The van der Waals surface area contributed by atoms with E-state index in [9.17, 15) is 0 Å². The van der Waals surface area contributed by atoms with Gasteiger partial charge in [0.2, 0.25) is 0 Å². The molecule has 0 bridgehead atoms. The van der Waals surface area contributed by atoms with Crippen LogP contribution in [0.25, 0.3) is 22.2 Å². The fourth-order valence-corrected chi connectivity index (χ4v) is 2.26. The molecule has 0 saturated carbocycles. The lowest BCUT2D eigenvalue weighted by atomic mass is 10.1. The number of phenolic OH excluding ortho intramolecular Hbond substituents is 1. The SMILES string of the molecule is Oc1ccccc1.c1ccc(-c2ccc3ccccc3n2)cc1. The second kappa shape index (κ2) is 7.23. The highest BCUT2D eigenvalue weighted by molar-refractivity contribution is 5.81. The predicted octanol–water partition coefficient (Wildman–Crippen LogP) is 5.29. The van der Waals surface area contributed by atoms with Crippen molar-refractivity contribution in [3.63, 3.8) is 0 Å². The van der Waals surface area contributed by atoms with Crippen molar-refractivity contribution in [2.75, 3.05) is 0 Å². The van der Waals surface area contributed by atoms with Gasteiger partial charge in [0.15, 0.2) is 0 Å². The third-order valence-corrected chi connectivity index (χ3v) is 3.42. The van der Waals surface area contributed by atoms with Crippen molar-refractivity contribution < 1.29 is 5.11 Å². The minimum atomic E-state index is 0.322. The number of fused-ring (bicyclic) bond motifs is 1. The molecule has 0 fully saturated rings. The average Bonchev–Trinajstić information content (AvgIpc) is 2.63. The van der Waals surface area contributed by atoms with E-state index in [0.29, 0.717) is 5.75 Å². The molecule has 4 aromatic rings. The molecule has 0 spiro atoms. The van der Waals surface area contributed by atoms with Crippen LogP contribution in [0.5, 0.6) is 5.75 Å². The van der Waals surface area contributed by atoms with Crippen LogP contribution in [-0.2, 0) is 0 Å². The Kier molecular flexibility index (Phi) is 4.65. The summed E-state index contributed by atoms with van der Waals surface area (Å²) in [5, 5.41) is 9.81. The molecule has 0 amide bonds. The molecule has 0 unspecified atom stereocenters. The molecule has 0 saturated heterocycles. The normalized spacial score (nSPS) is 9.91. The van der Waals surface area contributed by atoms with Crippen molar-refractivity contribution in [2.24, 2.45) is 0 Å². The Morgan fingerprint density at radius 2 is 1.17 bits per heavy atom. The zero-order valence-corrected chi connectivity index (χ0v) is 12.6. The Hall–Kier alpha value is -3.13. The van der Waals surface area contributed by atoms with Gasteiger partial charge in [0, 0.05) is 10.9 Å². The molecule has 0 aliphatic rings. The Balaban J connectivity index is 0.000000188. The van der Waals surface area contributed by atoms with Crippen LogP contribution in [0.1, 0.15) is 0 Å². The maximum atomic E-state index is 8.63. The molecule has 112 valence electrons. The third-order valence-electron chi connectivity index (χ3n) is 3.42. The summed E-state index contributed by atoms with van der Waals surface area (Å²) in [7, 11) is 0. The smallest absolute Gasteiger partial charge is 0.115 e. The largest absolute Gasteiger partial charge is 0.508 e. The number of aromatic hydroxyl groups is 1. The fourth-order valence-electron chi connectivity index (χ4n) is 2.26. The summed E-state index contributed by atoms with van der Waals surface area (Å²) in [6.07, 6.45) is 0. The van der Waals surface area contributed by atoms with Crippen molar-refractivity contribution in [1.29, 1.82) is 0 Å². The Labute approximate surface area is 135 Å². The van der Waals surface area contributed by atoms with E-state index in [1.165, 1.54) is 5.39 Å². The van der Waals surface area contributed by atoms with Gasteiger partial charge in [-0.3, -0.25) is 0 Å². The molecule has 2 nitrogen and oxygen atoms in total. The van der Waals surface area contributed by atoms with Gasteiger partial charge in [0.05, 0.1) is 11.2 Å². The van der Waals surface area contributed by atoms with Crippen molar-refractivity contribution in [3.8, 4) is 17.0 Å². The summed E-state index contributed by atoms with van der Waals surface area (Å²) in [5.41, 5.74) is 3.23. The molecule has 0 atom stereocenters. The summed E-state index contributed by atoms with van der Waals surface area (Å²) in [6.45, 7) is 0. The Bertz CT molecular complexity index is 873. The molecule has 1 aromatic heterocycles. The number of aromatic nitrogens is 1. The summed E-state index contributed by atoms with van der Waals surface area (Å²) >= 11 is 0. The first-order valence-corrected chi connectivity index (χ1v) is 7.48. The number of pyridine rings is 1. The second-order valence-corrected chi connectivity index (χ2v) is 5.09. The van der Waals surface area contributed by atoms with Gasteiger partial charge in [-0.15, -0.1) is 0 Å². The molecular weight excluding hydrogens is 282 g/mol. The van der Waals surface area contributed by atoms with E-state index in [0.717, 1.165) is 16.8 Å². The highest BCUT2D eigenvalue weighted by Crippen LogP contribution is 2.20. The van der Waals surface area contributed by atoms with Gasteiger partial charge in [0.25, 0.3) is 0 Å². The van der Waals surface area contributed by atoms with Crippen LogP contribution in [0.3, 0.4) is 0 Å². The van der Waals surface area contributed by atoms with Crippen molar-refractivity contribution in [1.82, 2.24) is 4.98 Å². The lowest BCUT2D eigenvalue weighted by Crippen LogP contribution is -1.84. The standard InChI is InChI=1S/C15H11N.C6H6O/c1-2-6-12(7-3-1)15-11-10-13-8-4-5-9-14(13)16-15;7-6-4-2-1-3-5-6/h1-11H;1-5,7H. The second-order valence-electron chi connectivity index (χ2n) is 5.09.